The van der Waals surface area contributed by atoms with E-state index in [1.807, 2.05) is 0 Å². The molecule has 0 aliphatic carbocycles. The van der Waals surface area contributed by atoms with E-state index in [0.29, 0.717) is 11.8 Å². The van der Waals surface area contributed by atoms with Gasteiger partial charge in [0, 0.05) is 21.7 Å². The van der Waals surface area contributed by atoms with E-state index in [9.17, 15) is 0 Å². The van der Waals surface area contributed by atoms with Gasteiger partial charge >= 0.3 is 0 Å². The molecular weight excluding hydrogens is 607 g/mol. The second-order valence-electron chi connectivity index (χ2n) is 14.0. The summed E-state index contributed by atoms with van der Waals surface area (Å²) in [5.74, 6) is 1.57. The summed E-state index contributed by atoms with van der Waals surface area (Å²) in [5.41, 5.74) is 13.2. The second-order valence-corrected chi connectivity index (χ2v) is 14.0. The Morgan fingerprint density at radius 3 is 1.58 bits per heavy atom. The predicted octanol–water partition coefficient (Wildman–Crippen LogP) is 12.9. The maximum Gasteiger partial charge on any atom is 0.146 e. The van der Waals surface area contributed by atoms with Crippen LogP contribution < -0.4 is 0 Å². The van der Waals surface area contributed by atoms with Crippen LogP contribution in [-0.4, -0.2) is 14.1 Å². The van der Waals surface area contributed by atoms with E-state index >= 15 is 0 Å². The quantitative estimate of drug-likeness (QED) is 0.176. The van der Waals surface area contributed by atoms with Gasteiger partial charge in [0.15, 0.2) is 0 Å². The zero-order valence-electron chi connectivity index (χ0n) is 28.9. The average Bonchev–Trinajstić information content (AvgIpc) is 3.70. The molecule has 0 bridgehead atoms. The topological polar surface area (TPSA) is 22.8 Å². The largest absolute Gasteiger partial charge is 0.309 e. The Bertz CT molecular complexity index is 2620. The molecule has 0 atom stereocenters. The number of imidazole rings is 1. The van der Waals surface area contributed by atoms with Gasteiger partial charge in [-0.15, -0.1) is 0 Å². The van der Waals surface area contributed by atoms with Gasteiger partial charge in [-0.2, -0.15) is 0 Å². The summed E-state index contributed by atoms with van der Waals surface area (Å²) in [6.07, 6.45) is 0. The Kier molecular flexibility index (Phi) is 7.17. The molecule has 9 aromatic rings. The van der Waals surface area contributed by atoms with Crippen molar-refractivity contribution in [2.45, 2.75) is 39.5 Å². The molecule has 9 rings (SSSR count). The molecule has 242 valence electrons. The summed E-state index contributed by atoms with van der Waals surface area (Å²) >= 11 is 0. The lowest BCUT2D eigenvalue weighted by Gasteiger charge is -2.25. The van der Waals surface area contributed by atoms with Crippen molar-refractivity contribution in [2.75, 3.05) is 0 Å². The highest BCUT2D eigenvalue weighted by Crippen LogP contribution is 2.43. The van der Waals surface area contributed by atoms with Gasteiger partial charge in [-0.25, -0.2) is 4.98 Å². The van der Waals surface area contributed by atoms with Gasteiger partial charge in [-0.05, 0) is 88.0 Å². The number of rotatable bonds is 6. The standard InChI is InChI=1S/C47H39N3/c1-30(2)39-28-33(32-16-6-5-7-17-32)29-40(31(3)4)46(39)50-45-25-15-12-22-41(45)48-47(50)38-26-27-44(35-19-9-8-18-34(35)38)49-42-23-13-10-20-36(42)37-21-11-14-24-43(37)49/h5-31H,1-4H3. The number of hydrogen-bond acceptors (Lipinski definition) is 1. The second kappa shape index (κ2) is 11.9. The molecule has 0 unspecified atom stereocenters. The first-order valence-electron chi connectivity index (χ1n) is 17.7. The molecule has 0 saturated heterocycles. The number of hydrogen-bond donors (Lipinski definition) is 0. The van der Waals surface area contributed by atoms with Crippen LogP contribution in [0.4, 0.5) is 0 Å². The highest BCUT2D eigenvalue weighted by Gasteiger charge is 2.25. The van der Waals surface area contributed by atoms with E-state index in [0.717, 1.165) is 22.4 Å². The zero-order chi connectivity index (χ0) is 33.9. The van der Waals surface area contributed by atoms with E-state index in [1.54, 1.807) is 0 Å². The number of benzene rings is 7. The van der Waals surface area contributed by atoms with Crippen molar-refractivity contribution >= 4 is 43.6 Å². The van der Waals surface area contributed by atoms with E-state index in [4.69, 9.17) is 4.98 Å². The molecule has 0 radical (unpaired) electrons. The minimum Gasteiger partial charge on any atom is -0.309 e. The van der Waals surface area contributed by atoms with Crippen molar-refractivity contribution in [3.05, 3.63) is 163 Å². The van der Waals surface area contributed by atoms with Crippen LogP contribution in [0.15, 0.2) is 152 Å². The Balaban J connectivity index is 1.35. The first kappa shape index (κ1) is 30.2. The molecule has 0 saturated carbocycles. The molecule has 7 aromatic carbocycles. The Morgan fingerprint density at radius 1 is 0.440 bits per heavy atom. The van der Waals surface area contributed by atoms with Crippen molar-refractivity contribution in [1.29, 1.82) is 0 Å². The molecule has 3 heteroatoms. The van der Waals surface area contributed by atoms with Crippen LogP contribution in [0.3, 0.4) is 0 Å². The van der Waals surface area contributed by atoms with E-state index in [2.05, 4.69) is 188 Å². The van der Waals surface area contributed by atoms with Crippen LogP contribution in [0, 0.1) is 0 Å². The fourth-order valence-corrected chi connectivity index (χ4v) is 7.90. The molecule has 3 nitrogen and oxygen atoms in total. The summed E-state index contributed by atoms with van der Waals surface area (Å²) in [5, 5.41) is 4.91. The minimum absolute atomic E-state index is 0.301. The predicted molar refractivity (Wildman–Crippen MR) is 212 cm³/mol. The molecule has 0 aliphatic heterocycles. The third-order valence-electron chi connectivity index (χ3n) is 10.3. The maximum absolute atomic E-state index is 5.44. The SMILES string of the molecule is CC(C)c1cc(-c2ccccc2)cc(C(C)C)c1-n1c(-c2ccc(-n3c4ccccc4c4ccccc43)c3ccccc23)nc2ccccc21. The first-order chi connectivity index (χ1) is 24.5. The summed E-state index contributed by atoms with van der Waals surface area (Å²) in [7, 11) is 0. The van der Waals surface area contributed by atoms with Gasteiger partial charge in [0.25, 0.3) is 0 Å². The molecule has 0 spiro atoms. The lowest BCUT2D eigenvalue weighted by molar-refractivity contribution is 0.812. The molecule has 50 heavy (non-hydrogen) atoms. The van der Waals surface area contributed by atoms with Crippen molar-refractivity contribution < 1.29 is 0 Å². The molecule has 0 fully saturated rings. The Labute approximate surface area is 293 Å². The van der Waals surface area contributed by atoms with Crippen LogP contribution in [0.2, 0.25) is 0 Å². The summed E-state index contributed by atoms with van der Waals surface area (Å²) < 4.78 is 4.88. The van der Waals surface area contributed by atoms with Gasteiger partial charge in [0.2, 0.25) is 0 Å². The minimum atomic E-state index is 0.301. The molecule has 0 aliphatic rings. The monoisotopic (exact) mass is 645 g/mol. The Morgan fingerprint density at radius 2 is 0.960 bits per heavy atom. The number of fused-ring (bicyclic) bond motifs is 5. The number of para-hydroxylation sites is 4. The van der Waals surface area contributed by atoms with Crippen LogP contribution in [-0.2, 0) is 0 Å². The summed E-state index contributed by atoms with van der Waals surface area (Å²) in [4.78, 5) is 5.44. The normalized spacial score (nSPS) is 12.0. The average molecular weight is 646 g/mol. The highest BCUT2D eigenvalue weighted by atomic mass is 15.1. The zero-order valence-corrected chi connectivity index (χ0v) is 28.9. The smallest absolute Gasteiger partial charge is 0.146 e. The third kappa shape index (κ3) is 4.69. The lowest BCUT2D eigenvalue weighted by atomic mass is 9.88. The Hall–Kier alpha value is -5.93. The van der Waals surface area contributed by atoms with Gasteiger partial charge in [0.05, 0.1) is 33.4 Å². The molecular formula is C47H39N3. The van der Waals surface area contributed by atoms with Crippen molar-refractivity contribution in [1.82, 2.24) is 14.1 Å². The maximum atomic E-state index is 5.44. The first-order valence-corrected chi connectivity index (χ1v) is 17.7. The van der Waals surface area contributed by atoms with Gasteiger partial charge < -0.3 is 4.57 Å². The highest BCUT2D eigenvalue weighted by molar-refractivity contribution is 6.11. The van der Waals surface area contributed by atoms with Crippen LogP contribution in [0.1, 0.15) is 50.7 Å². The van der Waals surface area contributed by atoms with Gasteiger partial charge in [0.1, 0.15) is 5.82 Å². The van der Waals surface area contributed by atoms with Crippen LogP contribution in [0.5, 0.6) is 0 Å². The fourth-order valence-electron chi connectivity index (χ4n) is 7.90. The third-order valence-corrected chi connectivity index (χ3v) is 10.3. The van der Waals surface area contributed by atoms with Crippen molar-refractivity contribution in [3.8, 4) is 33.9 Å². The van der Waals surface area contributed by atoms with Gasteiger partial charge in [-0.3, -0.25) is 4.57 Å². The van der Waals surface area contributed by atoms with Crippen molar-refractivity contribution in [3.63, 3.8) is 0 Å². The summed E-state index contributed by atoms with van der Waals surface area (Å²) in [6, 6.07) is 55.1. The lowest BCUT2D eigenvalue weighted by Crippen LogP contribution is -2.09. The molecule has 2 aromatic heterocycles. The van der Waals surface area contributed by atoms with Crippen LogP contribution >= 0.6 is 0 Å². The van der Waals surface area contributed by atoms with E-state index in [1.165, 1.54) is 66.2 Å². The van der Waals surface area contributed by atoms with Gasteiger partial charge in [-0.1, -0.05) is 131 Å². The molecule has 2 heterocycles. The van der Waals surface area contributed by atoms with Crippen LogP contribution in [0.25, 0.3) is 77.5 Å². The van der Waals surface area contributed by atoms with E-state index in [-0.39, 0.29) is 0 Å². The number of aromatic nitrogens is 3. The summed E-state index contributed by atoms with van der Waals surface area (Å²) in [6.45, 7) is 9.25. The fraction of sp³-hybridized carbons (Fsp3) is 0.128. The molecule has 0 N–H and O–H groups in total. The number of nitrogens with zero attached hydrogens (tertiary/aromatic N) is 3. The van der Waals surface area contributed by atoms with E-state index < -0.39 is 0 Å². The van der Waals surface area contributed by atoms with Crippen molar-refractivity contribution in [2.24, 2.45) is 0 Å². The molecule has 0 amide bonds.